The van der Waals surface area contributed by atoms with Gasteiger partial charge < -0.3 is 22.5 Å². The van der Waals surface area contributed by atoms with E-state index in [0.717, 1.165) is 0 Å². The number of amides is 1. The van der Waals surface area contributed by atoms with E-state index in [0.29, 0.717) is 0 Å². The normalized spacial score (nSPS) is 10.5. The molecule has 0 heterocycles. The zero-order chi connectivity index (χ0) is 9.56. The SMILES string of the molecule is Cl.Cl.NCC(=O)NC(CN)C(=O)CN. The minimum absolute atomic E-state index is 0. The summed E-state index contributed by atoms with van der Waals surface area (Å²) in [7, 11) is 0. The van der Waals surface area contributed by atoms with E-state index in [4.69, 9.17) is 17.2 Å². The Morgan fingerprint density at radius 2 is 1.57 bits per heavy atom. The van der Waals surface area contributed by atoms with Gasteiger partial charge in [0.2, 0.25) is 5.91 Å². The lowest BCUT2D eigenvalue weighted by atomic mass is 10.2. The van der Waals surface area contributed by atoms with Crippen molar-refractivity contribution in [2.24, 2.45) is 17.2 Å². The van der Waals surface area contributed by atoms with Crippen LogP contribution in [-0.2, 0) is 9.59 Å². The third kappa shape index (κ3) is 7.05. The largest absolute Gasteiger partial charge is 0.344 e. The lowest BCUT2D eigenvalue weighted by molar-refractivity contribution is -0.126. The van der Waals surface area contributed by atoms with Gasteiger partial charge in [-0.2, -0.15) is 0 Å². The first kappa shape index (κ1) is 19.2. The van der Waals surface area contributed by atoms with Crippen molar-refractivity contribution in [3.8, 4) is 0 Å². The predicted octanol–water partition coefficient (Wildman–Crippen LogP) is -2.24. The van der Waals surface area contributed by atoms with Gasteiger partial charge in [-0.1, -0.05) is 0 Å². The Hall–Kier alpha value is -0.400. The summed E-state index contributed by atoms with van der Waals surface area (Å²) in [5.41, 5.74) is 15.3. The molecule has 0 aromatic rings. The summed E-state index contributed by atoms with van der Waals surface area (Å²) in [5, 5.41) is 2.35. The van der Waals surface area contributed by atoms with Crippen molar-refractivity contribution in [1.29, 1.82) is 0 Å². The second-order valence-electron chi connectivity index (χ2n) is 2.23. The third-order valence-corrected chi connectivity index (χ3v) is 1.35. The fraction of sp³-hybridized carbons (Fsp3) is 0.667. The molecule has 14 heavy (non-hydrogen) atoms. The maximum absolute atomic E-state index is 10.9. The molecule has 0 fully saturated rings. The van der Waals surface area contributed by atoms with E-state index < -0.39 is 11.9 Å². The highest BCUT2D eigenvalue weighted by Gasteiger charge is 2.16. The lowest BCUT2D eigenvalue weighted by Gasteiger charge is -2.13. The molecule has 6 nitrogen and oxygen atoms in total. The first-order chi connectivity index (χ1) is 5.65. The van der Waals surface area contributed by atoms with Crippen LogP contribution < -0.4 is 22.5 Å². The molecular weight excluding hydrogens is 231 g/mol. The summed E-state index contributed by atoms with van der Waals surface area (Å²) in [5.74, 6) is -0.702. The van der Waals surface area contributed by atoms with E-state index in [-0.39, 0.29) is 50.2 Å². The predicted molar refractivity (Wildman–Crippen MR) is 58.6 cm³/mol. The van der Waals surface area contributed by atoms with Crippen LogP contribution in [0.15, 0.2) is 0 Å². The summed E-state index contributed by atoms with van der Waals surface area (Å²) in [6.45, 7) is -0.247. The molecule has 8 heteroatoms. The molecule has 1 atom stereocenters. The monoisotopic (exact) mass is 246 g/mol. The molecular formula is C6H16Cl2N4O2. The van der Waals surface area contributed by atoms with Crippen LogP contribution in [0.5, 0.6) is 0 Å². The molecule has 0 spiro atoms. The maximum atomic E-state index is 10.9. The average molecular weight is 247 g/mol. The van der Waals surface area contributed by atoms with Crippen molar-refractivity contribution in [3.63, 3.8) is 0 Å². The van der Waals surface area contributed by atoms with Crippen LogP contribution in [0, 0.1) is 0 Å². The van der Waals surface area contributed by atoms with Crippen LogP contribution in [0.3, 0.4) is 0 Å². The first-order valence-corrected chi connectivity index (χ1v) is 3.58. The second-order valence-corrected chi connectivity index (χ2v) is 2.23. The van der Waals surface area contributed by atoms with Crippen molar-refractivity contribution >= 4 is 36.5 Å². The molecule has 1 unspecified atom stereocenters. The van der Waals surface area contributed by atoms with Gasteiger partial charge >= 0.3 is 0 Å². The van der Waals surface area contributed by atoms with E-state index >= 15 is 0 Å². The number of halogens is 2. The van der Waals surface area contributed by atoms with Crippen LogP contribution in [0.4, 0.5) is 0 Å². The molecule has 0 saturated carbocycles. The minimum Gasteiger partial charge on any atom is -0.344 e. The number of Topliss-reactive ketones (excluding diaryl/α,β-unsaturated/α-hetero) is 1. The first-order valence-electron chi connectivity index (χ1n) is 3.58. The van der Waals surface area contributed by atoms with Gasteiger partial charge in [0.1, 0.15) is 6.04 Å². The van der Waals surface area contributed by atoms with Gasteiger partial charge in [0.25, 0.3) is 0 Å². The van der Waals surface area contributed by atoms with Crippen LogP contribution in [-0.4, -0.2) is 37.4 Å². The Kier molecular flexibility index (Phi) is 14.7. The molecule has 0 rings (SSSR count). The Morgan fingerprint density at radius 3 is 1.86 bits per heavy atom. The zero-order valence-electron chi connectivity index (χ0n) is 7.56. The Labute approximate surface area is 94.8 Å². The molecule has 1 amide bonds. The number of carbonyl (C=O) groups is 2. The number of nitrogens with two attached hydrogens (primary N) is 3. The molecule has 0 radical (unpaired) electrons. The molecule has 0 aromatic heterocycles. The fourth-order valence-electron chi connectivity index (χ4n) is 0.666. The van der Waals surface area contributed by atoms with E-state index in [1.54, 1.807) is 0 Å². The molecule has 0 aliphatic heterocycles. The average Bonchev–Trinajstić information content (AvgIpc) is 2.12. The van der Waals surface area contributed by atoms with Crippen molar-refractivity contribution in [2.45, 2.75) is 6.04 Å². The molecule has 7 N–H and O–H groups in total. The maximum Gasteiger partial charge on any atom is 0.234 e. The van der Waals surface area contributed by atoms with Gasteiger partial charge in [0.15, 0.2) is 5.78 Å². The summed E-state index contributed by atoms with van der Waals surface area (Å²) in [6, 6.07) is -0.703. The highest BCUT2D eigenvalue weighted by Crippen LogP contribution is 1.81. The number of hydrogen-bond acceptors (Lipinski definition) is 5. The van der Waals surface area contributed by atoms with E-state index in [1.807, 2.05) is 0 Å². The van der Waals surface area contributed by atoms with Gasteiger partial charge in [0, 0.05) is 6.54 Å². The second kappa shape index (κ2) is 10.7. The standard InChI is InChI=1S/C6H14N4O2.2ClH/c7-1-4(5(11)2-8)10-6(12)3-9;;/h4H,1-3,7-9H2,(H,10,12);2*1H. The molecule has 0 aliphatic carbocycles. The highest BCUT2D eigenvalue weighted by atomic mass is 35.5. The van der Waals surface area contributed by atoms with Crippen LogP contribution in [0.1, 0.15) is 0 Å². The quantitative estimate of drug-likeness (QED) is 0.437. The van der Waals surface area contributed by atoms with Crippen molar-refractivity contribution in [3.05, 3.63) is 0 Å². The van der Waals surface area contributed by atoms with Crippen molar-refractivity contribution in [2.75, 3.05) is 19.6 Å². The Bertz CT molecular complexity index is 179. The van der Waals surface area contributed by atoms with Crippen LogP contribution in [0.25, 0.3) is 0 Å². The van der Waals surface area contributed by atoms with Crippen molar-refractivity contribution < 1.29 is 9.59 Å². The fourth-order valence-corrected chi connectivity index (χ4v) is 0.666. The number of carbonyl (C=O) groups excluding carboxylic acids is 2. The van der Waals surface area contributed by atoms with E-state index in [1.165, 1.54) is 0 Å². The van der Waals surface area contributed by atoms with Crippen LogP contribution >= 0.6 is 24.8 Å². The Balaban J connectivity index is -0.000000605. The highest BCUT2D eigenvalue weighted by molar-refractivity contribution is 5.90. The molecule has 0 aliphatic rings. The smallest absolute Gasteiger partial charge is 0.234 e. The number of nitrogens with one attached hydrogen (secondary N) is 1. The van der Waals surface area contributed by atoms with E-state index in [2.05, 4.69) is 5.32 Å². The summed E-state index contributed by atoms with van der Waals surface area (Å²) < 4.78 is 0. The number of ketones is 1. The van der Waals surface area contributed by atoms with Crippen LogP contribution in [0.2, 0.25) is 0 Å². The number of hydrogen-bond donors (Lipinski definition) is 4. The zero-order valence-corrected chi connectivity index (χ0v) is 9.20. The molecule has 0 saturated heterocycles. The molecule has 0 aromatic carbocycles. The summed E-state index contributed by atoms with van der Waals surface area (Å²) in [4.78, 5) is 21.7. The topological polar surface area (TPSA) is 124 Å². The van der Waals surface area contributed by atoms with Gasteiger partial charge in [-0.15, -0.1) is 24.8 Å². The minimum atomic E-state index is -0.703. The summed E-state index contributed by atoms with van der Waals surface area (Å²) >= 11 is 0. The van der Waals surface area contributed by atoms with Gasteiger partial charge in [0.05, 0.1) is 13.1 Å². The summed E-state index contributed by atoms with van der Waals surface area (Å²) in [6.07, 6.45) is 0. The molecule has 0 bridgehead atoms. The van der Waals surface area contributed by atoms with E-state index in [9.17, 15) is 9.59 Å². The molecule has 86 valence electrons. The van der Waals surface area contributed by atoms with Gasteiger partial charge in [-0.25, -0.2) is 0 Å². The third-order valence-electron chi connectivity index (χ3n) is 1.35. The van der Waals surface area contributed by atoms with Gasteiger partial charge in [-0.05, 0) is 0 Å². The Morgan fingerprint density at radius 1 is 1.07 bits per heavy atom. The number of rotatable bonds is 5. The van der Waals surface area contributed by atoms with Crippen molar-refractivity contribution in [1.82, 2.24) is 5.32 Å². The van der Waals surface area contributed by atoms with Gasteiger partial charge in [-0.3, -0.25) is 9.59 Å². The lowest BCUT2D eigenvalue weighted by Crippen LogP contribution is -2.49.